The molecule has 4 aromatic rings. The maximum absolute atomic E-state index is 13.0. The molecule has 6 nitrogen and oxygen atoms in total. The summed E-state index contributed by atoms with van der Waals surface area (Å²) < 4.78 is 30.7. The average Bonchev–Trinajstić information content (AvgIpc) is 3.22. The lowest BCUT2D eigenvalue weighted by Crippen LogP contribution is -2.14. The van der Waals surface area contributed by atoms with Gasteiger partial charge in [0.15, 0.2) is 15.5 Å². The predicted molar refractivity (Wildman–Crippen MR) is 132 cm³/mol. The number of hydrogen-bond donors (Lipinski definition) is 0. The highest BCUT2D eigenvalue weighted by Gasteiger charge is 2.26. The second-order valence-electron chi connectivity index (χ2n) is 8.19. The number of aromatic nitrogens is 2. The molecule has 3 aromatic carbocycles. The van der Waals surface area contributed by atoms with E-state index in [4.69, 9.17) is 9.84 Å². The summed E-state index contributed by atoms with van der Waals surface area (Å²) in [5.74, 6) is -0.477. The Kier molecular flexibility index (Phi) is 6.65. The fourth-order valence-corrected chi connectivity index (χ4v) is 4.49. The molecule has 0 saturated carbocycles. The first-order chi connectivity index (χ1) is 16.3. The van der Waals surface area contributed by atoms with Gasteiger partial charge in [-0.05, 0) is 36.6 Å². The molecule has 0 N–H and O–H groups in total. The summed E-state index contributed by atoms with van der Waals surface area (Å²) in [6, 6.07) is 24.4. The third-order valence-corrected chi connectivity index (χ3v) is 6.81. The van der Waals surface area contributed by atoms with Crippen molar-refractivity contribution in [1.29, 1.82) is 0 Å². The zero-order valence-electron chi connectivity index (χ0n) is 19.4. The number of hydrogen-bond acceptors (Lipinski definition) is 5. The second-order valence-corrected chi connectivity index (χ2v) is 10.2. The maximum Gasteiger partial charge on any atom is 0.356 e. The van der Waals surface area contributed by atoms with Gasteiger partial charge in [-0.2, -0.15) is 5.10 Å². The number of nitrogens with zero attached hydrogens (tertiary/aromatic N) is 2. The molecule has 1 heterocycles. The first kappa shape index (κ1) is 23.4. The van der Waals surface area contributed by atoms with Crippen LogP contribution in [0.3, 0.4) is 0 Å². The van der Waals surface area contributed by atoms with Gasteiger partial charge in [0.05, 0.1) is 12.0 Å². The van der Waals surface area contributed by atoms with Crippen molar-refractivity contribution in [2.75, 3.05) is 13.4 Å². The van der Waals surface area contributed by atoms with Gasteiger partial charge in [-0.3, -0.25) is 4.68 Å². The molecular weight excluding hydrogens is 448 g/mol. The van der Waals surface area contributed by atoms with E-state index < -0.39 is 15.8 Å². The SMILES string of the molecule is COC(=O)c1c(-c2ccc(C)cc2)c(-c2ccc(S(C)(=O)=O)cc2)nn1CCc1ccccc1. The van der Waals surface area contributed by atoms with Crippen molar-refractivity contribution in [3.05, 3.63) is 95.7 Å². The Morgan fingerprint density at radius 1 is 0.912 bits per heavy atom. The lowest BCUT2D eigenvalue weighted by Gasteiger charge is -2.09. The highest BCUT2D eigenvalue weighted by Crippen LogP contribution is 2.36. The summed E-state index contributed by atoms with van der Waals surface area (Å²) in [6.07, 6.45) is 1.86. The number of methoxy groups -OCH3 is 1. The molecule has 1 aromatic heterocycles. The predicted octanol–water partition coefficient (Wildman–Crippen LogP) is 4.96. The Labute approximate surface area is 199 Å². The summed E-state index contributed by atoms with van der Waals surface area (Å²) in [4.78, 5) is 13.2. The summed E-state index contributed by atoms with van der Waals surface area (Å²) >= 11 is 0. The van der Waals surface area contributed by atoms with Crippen LogP contribution in [0.1, 0.15) is 21.6 Å². The molecule has 0 saturated heterocycles. The fourth-order valence-electron chi connectivity index (χ4n) is 3.86. The molecule has 0 unspecified atom stereocenters. The average molecular weight is 475 g/mol. The van der Waals surface area contributed by atoms with Crippen LogP contribution in [-0.4, -0.2) is 37.5 Å². The minimum absolute atomic E-state index is 0.227. The number of carbonyl (C=O) groups is 1. The third kappa shape index (κ3) is 4.94. The van der Waals surface area contributed by atoms with Crippen molar-refractivity contribution in [2.45, 2.75) is 24.8 Å². The van der Waals surface area contributed by atoms with Gasteiger partial charge in [0.25, 0.3) is 0 Å². The molecule has 0 radical (unpaired) electrons. The molecule has 0 bridgehead atoms. The van der Waals surface area contributed by atoms with Crippen LogP contribution in [0.4, 0.5) is 0 Å². The smallest absolute Gasteiger partial charge is 0.356 e. The van der Waals surface area contributed by atoms with E-state index in [1.807, 2.05) is 61.5 Å². The number of esters is 1. The monoisotopic (exact) mass is 474 g/mol. The van der Waals surface area contributed by atoms with E-state index >= 15 is 0 Å². The Hall–Kier alpha value is -3.71. The molecule has 7 heteroatoms. The van der Waals surface area contributed by atoms with Gasteiger partial charge in [0, 0.05) is 23.9 Å². The zero-order chi connectivity index (χ0) is 24.3. The van der Waals surface area contributed by atoms with Crippen LogP contribution in [-0.2, 0) is 27.5 Å². The van der Waals surface area contributed by atoms with Gasteiger partial charge >= 0.3 is 5.97 Å². The fraction of sp³-hybridized carbons (Fsp3) is 0.185. The largest absolute Gasteiger partial charge is 0.464 e. The zero-order valence-corrected chi connectivity index (χ0v) is 20.2. The van der Waals surface area contributed by atoms with Crippen molar-refractivity contribution in [3.63, 3.8) is 0 Å². The molecule has 0 atom stereocenters. The number of rotatable bonds is 7. The minimum Gasteiger partial charge on any atom is -0.464 e. The number of aryl methyl sites for hydroxylation is 3. The summed E-state index contributed by atoms with van der Waals surface area (Å²) in [7, 11) is -1.97. The Balaban J connectivity index is 1.88. The molecule has 174 valence electrons. The topological polar surface area (TPSA) is 78.3 Å². The Bertz CT molecular complexity index is 1410. The Morgan fingerprint density at radius 2 is 1.53 bits per heavy atom. The normalized spacial score (nSPS) is 11.4. The summed E-state index contributed by atoms with van der Waals surface area (Å²) in [6.45, 7) is 2.48. The van der Waals surface area contributed by atoms with Gasteiger partial charge in [-0.1, -0.05) is 72.3 Å². The highest BCUT2D eigenvalue weighted by atomic mass is 32.2. The maximum atomic E-state index is 13.0. The van der Waals surface area contributed by atoms with Crippen molar-refractivity contribution in [1.82, 2.24) is 9.78 Å². The van der Waals surface area contributed by atoms with Crippen LogP contribution in [0.2, 0.25) is 0 Å². The van der Waals surface area contributed by atoms with Gasteiger partial charge < -0.3 is 4.74 Å². The Morgan fingerprint density at radius 3 is 2.12 bits per heavy atom. The van der Waals surface area contributed by atoms with Gasteiger partial charge in [-0.25, -0.2) is 13.2 Å². The van der Waals surface area contributed by atoms with Crippen LogP contribution < -0.4 is 0 Å². The van der Waals surface area contributed by atoms with Crippen molar-refractivity contribution >= 4 is 15.8 Å². The van der Waals surface area contributed by atoms with Crippen LogP contribution in [0, 0.1) is 6.92 Å². The summed E-state index contributed by atoms with van der Waals surface area (Å²) in [5.41, 5.74) is 5.39. The molecule has 0 amide bonds. The van der Waals surface area contributed by atoms with Gasteiger partial charge in [0.2, 0.25) is 0 Å². The lowest BCUT2D eigenvalue weighted by molar-refractivity contribution is 0.0587. The third-order valence-electron chi connectivity index (χ3n) is 5.68. The minimum atomic E-state index is -3.33. The molecule has 0 spiro atoms. The van der Waals surface area contributed by atoms with E-state index in [2.05, 4.69) is 0 Å². The first-order valence-electron chi connectivity index (χ1n) is 10.9. The quantitative estimate of drug-likeness (QED) is 0.354. The van der Waals surface area contributed by atoms with E-state index in [0.717, 1.165) is 16.7 Å². The molecule has 4 rings (SSSR count). The van der Waals surface area contributed by atoms with Crippen LogP contribution in [0.25, 0.3) is 22.4 Å². The van der Waals surface area contributed by atoms with E-state index in [1.165, 1.54) is 13.4 Å². The van der Waals surface area contributed by atoms with Gasteiger partial charge in [0.1, 0.15) is 5.69 Å². The molecular formula is C27H26N2O4S. The van der Waals surface area contributed by atoms with E-state index in [0.29, 0.717) is 35.5 Å². The van der Waals surface area contributed by atoms with E-state index in [9.17, 15) is 13.2 Å². The number of sulfone groups is 1. The van der Waals surface area contributed by atoms with Crippen molar-refractivity contribution in [2.24, 2.45) is 0 Å². The van der Waals surface area contributed by atoms with E-state index in [1.54, 1.807) is 28.9 Å². The molecule has 0 aliphatic carbocycles. The highest BCUT2D eigenvalue weighted by molar-refractivity contribution is 7.90. The van der Waals surface area contributed by atoms with Gasteiger partial charge in [-0.15, -0.1) is 0 Å². The number of benzene rings is 3. The van der Waals surface area contributed by atoms with E-state index in [-0.39, 0.29) is 4.90 Å². The second kappa shape index (κ2) is 9.65. The lowest BCUT2D eigenvalue weighted by atomic mass is 9.98. The molecule has 0 fully saturated rings. The molecule has 0 aliphatic rings. The van der Waals surface area contributed by atoms with Crippen LogP contribution in [0.15, 0.2) is 83.8 Å². The van der Waals surface area contributed by atoms with Crippen molar-refractivity contribution in [3.8, 4) is 22.4 Å². The van der Waals surface area contributed by atoms with Crippen molar-refractivity contribution < 1.29 is 17.9 Å². The standard InChI is InChI=1S/C27H26N2O4S/c1-19-9-11-21(12-10-19)24-25(22-13-15-23(16-14-22)34(3,31)32)28-29(26(24)27(30)33-2)18-17-20-7-5-4-6-8-20/h4-16H,17-18H2,1-3H3. The van der Waals surface area contributed by atoms with Crippen LogP contribution >= 0.6 is 0 Å². The number of carbonyl (C=O) groups excluding carboxylic acids is 1. The summed E-state index contributed by atoms with van der Waals surface area (Å²) in [5, 5.41) is 4.82. The first-order valence-corrected chi connectivity index (χ1v) is 12.8. The van der Waals surface area contributed by atoms with Crippen LogP contribution in [0.5, 0.6) is 0 Å². The molecule has 34 heavy (non-hydrogen) atoms. The number of ether oxygens (including phenoxy) is 1. The molecule has 0 aliphatic heterocycles.